The number of fused-ring (bicyclic) bond motifs is 3. The SMILES string of the molecule is CC(C)(C)c1ccc2[cH-]c3ccc(C(C)(C)C)cc3c2c1.C[C](C)=[Zr]([Cl])[Cl].Cc1cc(C(C)(C)C)c[cH-]1. The monoisotopic (exact) mass is 614 g/mol. The van der Waals surface area contributed by atoms with Gasteiger partial charge in [0, 0.05) is 0 Å². The smallest absolute Gasteiger partial charge is 0.0635 e. The van der Waals surface area contributed by atoms with E-state index >= 15 is 0 Å². The van der Waals surface area contributed by atoms with Gasteiger partial charge >= 0.3 is 53.0 Å². The molecule has 4 aromatic carbocycles. The van der Waals surface area contributed by atoms with Crippen molar-refractivity contribution in [2.75, 3.05) is 0 Å². The molecule has 37 heavy (non-hydrogen) atoms. The summed E-state index contributed by atoms with van der Waals surface area (Å²) in [5.74, 6) is 0. The predicted octanol–water partition coefficient (Wildman–Crippen LogP) is 11.4. The molecule has 0 atom stereocenters. The van der Waals surface area contributed by atoms with Crippen molar-refractivity contribution >= 4 is 41.8 Å². The number of benzene rings is 2. The topological polar surface area (TPSA) is 0 Å². The average Bonchev–Trinajstić information content (AvgIpc) is 3.35. The molecule has 0 unspecified atom stereocenters. The maximum Gasteiger partial charge on any atom is -0.0635 e. The summed E-state index contributed by atoms with van der Waals surface area (Å²) in [5.41, 5.74) is 6.31. The minimum atomic E-state index is -1.84. The summed E-state index contributed by atoms with van der Waals surface area (Å²) in [5, 5.41) is 5.49. The van der Waals surface area contributed by atoms with E-state index in [2.05, 4.69) is 130 Å². The van der Waals surface area contributed by atoms with Crippen LogP contribution in [0.1, 0.15) is 98.4 Å². The van der Waals surface area contributed by atoms with E-state index < -0.39 is 18.9 Å². The zero-order chi connectivity index (χ0) is 28.3. The van der Waals surface area contributed by atoms with Gasteiger partial charge in [-0.3, -0.25) is 0 Å². The Morgan fingerprint density at radius 2 is 1.03 bits per heavy atom. The second-order valence-electron chi connectivity index (χ2n) is 13.4. The summed E-state index contributed by atoms with van der Waals surface area (Å²) < 4.78 is 1.24. The van der Waals surface area contributed by atoms with Crippen LogP contribution in [-0.4, -0.2) is 3.21 Å². The summed E-state index contributed by atoms with van der Waals surface area (Å²) >= 11 is -1.84. The van der Waals surface area contributed by atoms with Gasteiger partial charge in [-0.25, -0.2) is 6.07 Å². The Kier molecular flexibility index (Phi) is 10.8. The van der Waals surface area contributed by atoms with E-state index in [0.29, 0.717) is 5.41 Å². The van der Waals surface area contributed by atoms with Gasteiger partial charge in [-0.2, -0.15) is 23.3 Å². The van der Waals surface area contributed by atoms with Crippen LogP contribution in [0.2, 0.25) is 0 Å². The molecule has 0 saturated carbocycles. The normalized spacial score (nSPS) is 12.1. The Balaban J connectivity index is 0.000000249. The molecule has 0 N–H and O–H groups in total. The zero-order valence-electron chi connectivity index (χ0n) is 25.0. The first-order chi connectivity index (χ1) is 16.8. The fourth-order valence-corrected chi connectivity index (χ4v) is 3.96. The molecule has 3 heteroatoms. The molecule has 202 valence electrons. The summed E-state index contributed by atoms with van der Waals surface area (Å²) in [7, 11) is 11.1. The molecule has 0 heterocycles. The van der Waals surface area contributed by atoms with Crippen molar-refractivity contribution in [2.45, 2.75) is 99.3 Å². The summed E-state index contributed by atoms with van der Waals surface area (Å²) in [6.45, 7) is 26.5. The molecule has 0 spiro atoms. The van der Waals surface area contributed by atoms with Gasteiger partial charge in [-0.05, 0) is 10.8 Å². The van der Waals surface area contributed by atoms with E-state index in [1.54, 1.807) is 0 Å². The number of halogens is 2. The quantitative estimate of drug-likeness (QED) is 0.172. The molecule has 4 aromatic rings. The van der Waals surface area contributed by atoms with Crippen molar-refractivity contribution in [1.82, 2.24) is 0 Å². The Bertz CT molecular complexity index is 1270. The zero-order valence-corrected chi connectivity index (χ0v) is 29.0. The van der Waals surface area contributed by atoms with E-state index in [-0.39, 0.29) is 10.8 Å². The largest absolute Gasteiger partial charge is 0.207 e. The molecular weight excluding hydrogens is 571 g/mol. The Morgan fingerprint density at radius 3 is 1.27 bits per heavy atom. The maximum atomic E-state index is 5.54. The number of hydrogen-bond donors (Lipinski definition) is 0. The minimum Gasteiger partial charge on any atom is -0.207 e. The molecule has 0 fully saturated rings. The van der Waals surface area contributed by atoms with E-state index in [1.807, 2.05) is 13.8 Å². The van der Waals surface area contributed by atoms with Crippen LogP contribution in [0, 0.1) is 6.92 Å². The number of rotatable bonds is 0. The van der Waals surface area contributed by atoms with Gasteiger partial charge in [0.15, 0.2) is 0 Å². The van der Waals surface area contributed by atoms with Gasteiger partial charge < -0.3 is 0 Å². The molecule has 0 aromatic heterocycles. The van der Waals surface area contributed by atoms with Crippen molar-refractivity contribution < 1.29 is 18.9 Å². The van der Waals surface area contributed by atoms with E-state index in [4.69, 9.17) is 17.0 Å². The van der Waals surface area contributed by atoms with Crippen LogP contribution in [0.4, 0.5) is 0 Å². The Morgan fingerprint density at radius 1 is 0.649 bits per heavy atom. The molecule has 0 radical (unpaired) electrons. The first kappa shape index (κ1) is 32.2. The number of hydrogen-bond acceptors (Lipinski definition) is 0. The molecular formula is C34H46Cl2Zr-2. The molecule has 0 saturated heterocycles. The van der Waals surface area contributed by atoms with E-state index in [1.165, 1.54) is 47.0 Å². The van der Waals surface area contributed by atoms with Crippen LogP contribution in [0.25, 0.3) is 21.5 Å². The van der Waals surface area contributed by atoms with Crippen LogP contribution in [0.3, 0.4) is 0 Å². The average molecular weight is 617 g/mol. The van der Waals surface area contributed by atoms with E-state index in [9.17, 15) is 0 Å². The summed E-state index contributed by atoms with van der Waals surface area (Å²) in [4.78, 5) is 0. The molecule has 0 aliphatic carbocycles. The van der Waals surface area contributed by atoms with Crippen LogP contribution in [-0.2, 0) is 35.1 Å². The molecule has 0 aliphatic heterocycles. The van der Waals surface area contributed by atoms with Gasteiger partial charge in [0.05, 0.1) is 0 Å². The molecule has 0 bridgehead atoms. The third kappa shape index (κ3) is 9.30. The van der Waals surface area contributed by atoms with Crippen molar-refractivity contribution in [2.24, 2.45) is 0 Å². The molecule has 4 rings (SSSR count). The van der Waals surface area contributed by atoms with Crippen molar-refractivity contribution in [3.05, 3.63) is 82.9 Å². The van der Waals surface area contributed by atoms with Crippen molar-refractivity contribution in [3.63, 3.8) is 0 Å². The summed E-state index contributed by atoms with van der Waals surface area (Å²) in [6, 6.07) is 22.8. The van der Waals surface area contributed by atoms with Crippen molar-refractivity contribution in [3.8, 4) is 0 Å². The third-order valence-electron chi connectivity index (χ3n) is 6.59. The van der Waals surface area contributed by atoms with Crippen LogP contribution < -0.4 is 0 Å². The van der Waals surface area contributed by atoms with E-state index in [0.717, 1.165) is 0 Å². The van der Waals surface area contributed by atoms with Gasteiger partial charge in [-0.1, -0.05) is 110 Å². The fourth-order valence-electron chi connectivity index (χ4n) is 3.96. The Hall–Kier alpha value is -1.01. The maximum absolute atomic E-state index is 5.54. The third-order valence-corrected chi connectivity index (χ3v) is 12.9. The van der Waals surface area contributed by atoms with Gasteiger partial charge in [0.2, 0.25) is 0 Å². The van der Waals surface area contributed by atoms with Gasteiger partial charge in [-0.15, -0.1) is 39.7 Å². The first-order valence-corrected chi connectivity index (χ1v) is 20.7. The fraction of sp³-hybridized carbons (Fsp3) is 0.441. The van der Waals surface area contributed by atoms with Crippen LogP contribution in [0.5, 0.6) is 0 Å². The molecule has 0 aliphatic rings. The second-order valence-corrected chi connectivity index (χ2v) is 22.8. The first-order valence-electron chi connectivity index (χ1n) is 13.2. The predicted molar refractivity (Wildman–Crippen MR) is 168 cm³/mol. The summed E-state index contributed by atoms with van der Waals surface area (Å²) in [6.07, 6.45) is 0. The second kappa shape index (κ2) is 12.4. The molecule has 0 amide bonds. The minimum absolute atomic E-state index is 0.194. The molecule has 0 nitrogen and oxygen atoms in total. The Labute approximate surface area is 241 Å². The standard InChI is InChI=1S/C21H25.C10H15.C3H6.2ClH.Zr/c1-20(2,3)16-9-7-14-11-15-8-10-17(21(4,5)6)13-19(15)18(14)12-16;1-8-5-6-9(7-8)10(2,3)4;1-3-2;;;/h7-13H,1-6H3;5-7H,1-4H3;1-2H3;2*1H;/q2*-1;;;;+2/p-2. The van der Waals surface area contributed by atoms with Gasteiger partial charge in [0.25, 0.3) is 0 Å². The van der Waals surface area contributed by atoms with Crippen LogP contribution >= 0.6 is 17.0 Å². The van der Waals surface area contributed by atoms with Gasteiger partial charge in [0.1, 0.15) is 0 Å². The van der Waals surface area contributed by atoms with Crippen molar-refractivity contribution in [1.29, 1.82) is 0 Å². The number of aryl methyl sites for hydroxylation is 1. The van der Waals surface area contributed by atoms with Crippen LogP contribution in [0.15, 0.2) is 60.7 Å².